The predicted molar refractivity (Wildman–Crippen MR) is 83.9 cm³/mol. The third kappa shape index (κ3) is 2.73. The average molecular weight is 289 g/mol. The zero-order chi connectivity index (χ0) is 15.0. The number of carbonyl (C=O) groups is 1. The van der Waals surface area contributed by atoms with Crippen LogP contribution in [0.1, 0.15) is 62.9 Å². The molecule has 116 valence electrons. The molecule has 1 aromatic rings. The minimum absolute atomic E-state index is 0.159. The molecule has 1 amide bonds. The predicted octanol–water partition coefficient (Wildman–Crippen LogP) is 2.75. The lowest BCUT2D eigenvalue weighted by molar-refractivity contribution is -0.136. The monoisotopic (exact) mass is 289 g/mol. The van der Waals surface area contributed by atoms with E-state index >= 15 is 0 Å². The number of hydrogen-bond donors (Lipinski definition) is 1. The van der Waals surface area contributed by atoms with E-state index in [9.17, 15) is 4.79 Å². The second-order valence-corrected chi connectivity index (χ2v) is 6.91. The van der Waals surface area contributed by atoms with Crippen molar-refractivity contribution in [3.8, 4) is 0 Å². The van der Waals surface area contributed by atoms with Gasteiger partial charge in [-0.25, -0.2) is 0 Å². The van der Waals surface area contributed by atoms with Crippen molar-refractivity contribution in [1.29, 1.82) is 0 Å². The Labute approximate surface area is 127 Å². The molecule has 1 aromatic heterocycles. The molecule has 0 radical (unpaired) electrons. The Bertz CT molecular complexity index is 528. The first-order valence-corrected chi connectivity index (χ1v) is 8.25. The van der Waals surface area contributed by atoms with Crippen LogP contribution in [-0.2, 0) is 11.3 Å². The lowest BCUT2D eigenvalue weighted by Gasteiger charge is -2.39. The van der Waals surface area contributed by atoms with Crippen molar-refractivity contribution < 1.29 is 4.79 Å². The number of amides is 1. The van der Waals surface area contributed by atoms with Crippen LogP contribution >= 0.6 is 0 Å². The fraction of sp³-hybridized carbons (Fsp3) is 0.706. The molecule has 0 aromatic carbocycles. The van der Waals surface area contributed by atoms with Gasteiger partial charge >= 0.3 is 0 Å². The Morgan fingerprint density at radius 3 is 2.71 bits per heavy atom. The molecule has 1 fully saturated rings. The molecule has 1 atom stereocenters. The maximum atomic E-state index is 12.7. The van der Waals surface area contributed by atoms with Gasteiger partial charge in [-0.05, 0) is 38.8 Å². The number of carbonyl (C=O) groups excluding carboxylic acids is 1. The third-order valence-electron chi connectivity index (χ3n) is 5.37. The summed E-state index contributed by atoms with van der Waals surface area (Å²) >= 11 is 0. The highest BCUT2D eigenvalue weighted by molar-refractivity contribution is 5.78. The van der Waals surface area contributed by atoms with E-state index in [1.54, 1.807) is 0 Å². The van der Waals surface area contributed by atoms with Crippen LogP contribution in [0, 0.1) is 6.92 Å². The van der Waals surface area contributed by atoms with E-state index in [-0.39, 0.29) is 17.5 Å². The standard InChI is InChI=1S/C17H27N3O/c1-13-6-7-15-14(2)20(11-10-19(13)15)16(21)12-17(18)8-4-3-5-9-17/h6-7,14H,3-5,8-12,18H2,1-2H3. The first-order valence-electron chi connectivity index (χ1n) is 8.25. The Hall–Kier alpha value is -1.29. The summed E-state index contributed by atoms with van der Waals surface area (Å²) in [7, 11) is 0. The number of fused-ring (bicyclic) bond motifs is 1. The van der Waals surface area contributed by atoms with E-state index in [0.29, 0.717) is 6.42 Å². The smallest absolute Gasteiger partial charge is 0.225 e. The number of rotatable bonds is 2. The van der Waals surface area contributed by atoms with Crippen molar-refractivity contribution in [2.75, 3.05) is 6.54 Å². The molecule has 1 aliphatic heterocycles. The summed E-state index contributed by atoms with van der Waals surface area (Å²) in [4.78, 5) is 14.8. The Morgan fingerprint density at radius 1 is 1.29 bits per heavy atom. The first-order chi connectivity index (χ1) is 10.0. The van der Waals surface area contributed by atoms with E-state index in [1.165, 1.54) is 30.7 Å². The number of aromatic nitrogens is 1. The Kier molecular flexibility index (Phi) is 3.82. The highest BCUT2D eigenvalue weighted by Crippen LogP contribution is 2.32. The van der Waals surface area contributed by atoms with Gasteiger partial charge in [0, 0.05) is 36.4 Å². The third-order valence-corrected chi connectivity index (χ3v) is 5.37. The summed E-state index contributed by atoms with van der Waals surface area (Å²) in [6, 6.07) is 4.45. The number of nitrogens with zero attached hydrogens (tertiary/aromatic N) is 2. The molecule has 4 nitrogen and oxygen atoms in total. The highest BCUT2D eigenvalue weighted by Gasteiger charge is 2.35. The maximum Gasteiger partial charge on any atom is 0.225 e. The molecule has 1 unspecified atom stereocenters. The minimum atomic E-state index is -0.260. The average Bonchev–Trinajstić information content (AvgIpc) is 2.82. The molecule has 2 heterocycles. The van der Waals surface area contributed by atoms with Gasteiger partial charge in [0.1, 0.15) is 0 Å². The van der Waals surface area contributed by atoms with Crippen molar-refractivity contribution in [2.24, 2.45) is 5.73 Å². The molecular formula is C17H27N3O. The summed E-state index contributed by atoms with van der Waals surface area (Å²) in [5.74, 6) is 0.233. The topological polar surface area (TPSA) is 51.3 Å². The second kappa shape index (κ2) is 5.48. The number of hydrogen-bond acceptors (Lipinski definition) is 2. The zero-order valence-corrected chi connectivity index (χ0v) is 13.3. The SMILES string of the molecule is Cc1ccc2n1CCN(C(=O)CC1(N)CCCCC1)C2C. The van der Waals surface area contributed by atoms with Gasteiger partial charge in [0.05, 0.1) is 6.04 Å². The van der Waals surface area contributed by atoms with Crippen LogP contribution in [0.3, 0.4) is 0 Å². The van der Waals surface area contributed by atoms with E-state index < -0.39 is 0 Å². The van der Waals surface area contributed by atoms with Crippen LogP contribution in [0.25, 0.3) is 0 Å². The Balaban J connectivity index is 1.71. The fourth-order valence-corrected chi connectivity index (χ4v) is 4.00. The van der Waals surface area contributed by atoms with Crippen LogP contribution in [-0.4, -0.2) is 27.5 Å². The van der Waals surface area contributed by atoms with Crippen LogP contribution in [0.15, 0.2) is 12.1 Å². The molecular weight excluding hydrogens is 262 g/mol. The lowest BCUT2D eigenvalue weighted by atomic mass is 9.80. The summed E-state index contributed by atoms with van der Waals surface area (Å²) in [6.07, 6.45) is 6.10. The molecule has 2 aliphatic rings. The largest absolute Gasteiger partial charge is 0.345 e. The van der Waals surface area contributed by atoms with E-state index in [4.69, 9.17) is 5.73 Å². The van der Waals surface area contributed by atoms with Crippen LogP contribution in [0.2, 0.25) is 0 Å². The van der Waals surface area contributed by atoms with Gasteiger partial charge in [-0.3, -0.25) is 4.79 Å². The Morgan fingerprint density at radius 2 is 2.00 bits per heavy atom. The molecule has 4 heteroatoms. The molecule has 0 spiro atoms. The van der Waals surface area contributed by atoms with Crippen LogP contribution in [0.5, 0.6) is 0 Å². The maximum absolute atomic E-state index is 12.7. The van der Waals surface area contributed by atoms with E-state index in [2.05, 4.69) is 30.5 Å². The van der Waals surface area contributed by atoms with Gasteiger partial charge in [0.2, 0.25) is 5.91 Å². The fourth-order valence-electron chi connectivity index (χ4n) is 4.00. The molecule has 3 rings (SSSR count). The molecule has 0 bridgehead atoms. The van der Waals surface area contributed by atoms with Gasteiger partial charge in [0.25, 0.3) is 0 Å². The van der Waals surface area contributed by atoms with Crippen molar-refractivity contribution in [3.63, 3.8) is 0 Å². The van der Waals surface area contributed by atoms with Crippen molar-refractivity contribution in [3.05, 3.63) is 23.5 Å². The normalized spacial score (nSPS) is 24.7. The summed E-state index contributed by atoms with van der Waals surface area (Å²) in [6.45, 7) is 5.97. The summed E-state index contributed by atoms with van der Waals surface area (Å²) in [5, 5.41) is 0. The molecule has 21 heavy (non-hydrogen) atoms. The van der Waals surface area contributed by atoms with Crippen molar-refractivity contribution in [1.82, 2.24) is 9.47 Å². The molecule has 1 saturated carbocycles. The van der Waals surface area contributed by atoms with E-state index in [0.717, 1.165) is 25.9 Å². The first kappa shape index (κ1) is 14.6. The van der Waals surface area contributed by atoms with E-state index in [1.807, 2.05) is 4.90 Å². The van der Waals surface area contributed by atoms with Crippen LogP contribution in [0.4, 0.5) is 0 Å². The summed E-state index contributed by atoms with van der Waals surface area (Å²) < 4.78 is 2.33. The summed E-state index contributed by atoms with van der Waals surface area (Å²) in [5.41, 5.74) is 8.73. The molecule has 1 aliphatic carbocycles. The number of aryl methyl sites for hydroxylation is 1. The quantitative estimate of drug-likeness (QED) is 0.910. The lowest BCUT2D eigenvalue weighted by Crippen LogP contribution is -2.49. The van der Waals surface area contributed by atoms with Crippen molar-refractivity contribution >= 4 is 5.91 Å². The molecule has 2 N–H and O–H groups in total. The van der Waals surface area contributed by atoms with Gasteiger partial charge in [0.15, 0.2) is 0 Å². The second-order valence-electron chi connectivity index (χ2n) is 6.91. The van der Waals surface area contributed by atoms with Gasteiger partial charge in [-0.2, -0.15) is 0 Å². The van der Waals surface area contributed by atoms with Gasteiger partial charge in [-0.1, -0.05) is 19.3 Å². The zero-order valence-electron chi connectivity index (χ0n) is 13.3. The van der Waals surface area contributed by atoms with Crippen LogP contribution < -0.4 is 5.73 Å². The van der Waals surface area contributed by atoms with Crippen molar-refractivity contribution in [2.45, 2.75) is 70.5 Å². The number of nitrogens with two attached hydrogens (primary N) is 1. The highest BCUT2D eigenvalue weighted by atomic mass is 16.2. The molecule has 0 saturated heterocycles. The van der Waals surface area contributed by atoms with Gasteiger partial charge < -0.3 is 15.2 Å². The minimum Gasteiger partial charge on any atom is -0.345 e. The van der Waals surface area contributed by atoms with Gasteiger partial charge in [-0.15, -0.1) is 0 Å².